The second-order valence-electron chi connectivity index (χ2n) is 5.23. The van der Waals surface area contributed by atoms with Crippen molar-refractivity contribution in [2.24, 2.45) is 17.8 Å². The van der Waals surface area contributed by atoms with Crippen molar-refractivity contribution in [2.75, 3.05) is 19.8 Å². The number of ether oxygens (including phenoxy) is 3. The Balaban J connectivity index is 2.82. The molecule has 0 heterocycles. The average Bonchev–Trinajstić information content (AvgIpc) is 2.61. The first kappa shape index (κ1) is 19.1. The van der Waals surface area contributed by atoms with E-state index in [9.17, 15) is 14.4 Å². The van der Waals surface area contributed by atoms with Gasteiger partial charge in [-0.05, 0) is 19.3 Å². The van der Waals surface area contributed by atoms with Crippen molar-refractivity contribution < 1.29 is 28.6 Å². The molecule has 0 unspecified atom stereocenters. The van der Waals surface area contributed by atoms with Crippen LogP contribution in [0, 0.1) is 54.8 Å². The summed E-state index contributed by atoms with van der Waals surface area (Å²) in [7, 11) is 0. The first-order valence-corrected chi connectivity index (χ1v) is 7.33. The molecule has 1 rings (SSSR count). The van der Waals surface area contributed by atoms with E-state index in [0.717, 1.165) is 0 Å². The summed E-state index contributed by atoms with van der Waals surface area (Å²) in [4.78, 5) is 36.1. The maximum absolute atomic E-state index is 12.0. The van der Waals surface area contributed by atoms with Crippen molar-refractivity contribution in [3.8, 4) is 37.0 Å². The Hall–Kier alpha value is -2.91. The monoisotopic (exact) mass is 330 g/mol. The number of terminal acetylenes is 3. The molecule has 0 saturated heterocycles. The Kier molecular flexibility index (Phi) is 7.96. The second-order valence-corrected chi connectivity index (χ2v) is 5.23. The van der Waals surface area contributed by atoms with Gasteiger partial charge in [0.15, 0.2) is 19.8 Å². The van der Waals surface area contributed by atoms with Crippen LogP contribution in [0.25, 0.3) is 0 Å². The van der Waals surface area contributed by atoms with Gasteiger partial charge in [0, 0.05) is 0 Å². The van der Waals surface area contributed by atoms with Crippen LogP contribution in [0.15, 0.2) is 0 Å². The number of hydrogen-bond acceptors (Lipinski definition) is 6. The van der Waals surface area contributed by atoms with E-state index in [1.54, 1.807) is 0 Å². The Morgan fingerprint density at radius 3 is 1.12 bits per heavy atom. The summed E-state index contributed by atoms with van der Waals surface area (Å²) in [6.07, 6.45) is 15.8. The van der Waals surface area contributed by atoms with E-state index in [-0.39, 0.29) is 39.1 Å². The van der Waals surface area contributed by atoms with Gasteiger partial charge in [-0.25, -0.2) is 0 Å². The van der Waals surface area contributed by atoms with Gasteiger partial charge in [-0.1, -0.05) is 17.8 Å². The van der Waals surface area contributed by atoms with Crippen LogP contribution in [0.4, 0.5) is 0 Å². The van der Waals surface area contributed by atoms with Crippen molar-refractivity contribution in [3.05, 3.63) is 0 Å². The van der Waals surface area contributed by atoms with E-state index in [1.165, 1.54) is 0 Å². The van der Waals surface area contributed by atoms with Gasteiger partial charge in [-0.3, -0.25) is 14.4 Å². The van der Waals surface area contributed by atoms with Gasteiger partial charge < -0.3 is 14.2 Å². The predicted molar refractivity (Wildman–Crippen MR) is 83.7 cm³/mol. The fourth-order valence-electron chi connectivity index (χ4n) is 2.59. The van der Waals surface area contributed by atoms with E-state index in [0.29, 0.717) is 0 Å². The molecule has 126 valence electrons. The van der Waals surface area contributed by atoms with Crippen LogP contribution in [-0.2, 0) is 28.6 Å². The smallest absolute Gasteiger partial charge is 0.309 e. The SMILES string of the molecule is C#CCOC(=O)C1CC(C(=O)OCC#C)CC(C(=O)OCC#C)C1. The molecule has 1 aliphatic rings. The zero-order chi connectivity index (χ0) is 17.9. The molecule has 0 N–H and O–H groups in total. The molecule has 0 atom stereocenters. The molecular weight excluding hydrogens is 312 g/mol. The van der Waals surface area contributed by atoms with Gasteiger partial charge in [-0.15, -0.1) is 19.3 Å². The number of carbonyl (C=O) groups is 3. The molecule has 24 heavy (non-hydrogen) atoms. The molecule has 1 aliphatic carbocycles. The highest BCUT2D eigenvalue weighted by atomic mass is 16.5. The van der Waals surface area contributed by atoms with Crippen molar-refractivity contribution in [1.82, 2.24) is 0 Å². The zero-order valence-corrected chi connectivity index (χ0v) is 13.2. The molecular formula is C18H18O6. The molecule has 0 aromatic heterocycles. The lowest BCUT2D eigenvalue weighted by Gasteiger charge is -2.31. The van der Waals surface area contributed by atoms with Crippen LogP contribution in [-0.4, -0.2) is 37.7 Å². The van der Waals surface area contributed by atoms with Gasteiger partial charge in [-0.2, -0.15) is 0 Å². The van der Waals surface area contributed by atoms with E-state index in [1.807, 2.05) is 0 Å². The first-order chi connectivity index (χ1) is 11.5. The standard InChI is InChI=1S/C18H18O6/c1-4-7-22-16(19)13-10-14(17(20)23-8-5-2)12-15(11-13)18(21)24-9-6-3/h1-3,13-15H,7-12H2. The summed E-state index contributed by atoms with van der Waals surface area (Å²) >= 11 is 0. The molecule has 0 aromatic rings. The van der Waals surface area contributed by atoms with Gasteiger partial charge in [0.05, 0.1) is 17.8 Å². The molecule has 0 bridgehead atoms. The first-order valence-electron chi connectivity index (χ1n) is 7.33. The zero-order valence-electron chi connectivity index (χ0n) is 13.2. The van der Waals surface area contributed by atoms with Crippen LogP contribution in [0.3, 0.4) is 0 Å². The topological polar surface area (TPSA) is 78.9 Å². The van der Waals surface area contributed by atoms with E-state index in [2.05, 4.69) is 17.8 Å². The molecule has 0 aromatic carbocycles. The van der Waals surface area contributed by atoms with E-state index in [4.69, 9.17) is 33.5 Å². The summed E-state index contributed by atoms with van der Waals surface area (Å²) in [5.74, 6) is 2.94. The lowest BCUT2D eigenvalue weighted by Crippen LogP contribution is -2.37. The molecule has 0 spiro atoms. The quantitative estimate of drug-likeness (QED) is 0.402. The molecule has 6 heteroatoms. The highest BCUT2D eigenvalue weighted by molar-refractivity contribution is 5.80. The summed E-state index contributed by atoms with van der Waals surface area (Å²) in [6, 6.07) is 0. The second kappa shape index (κ2) is 9.98. The minimum Gasteiger partial charge on any atom is -0.452 e. The Labute approximate surface area is 141 Å². The Morgan fingerprint density at radius 2 is 0.917 bits per heavy atom. The van der Waals surface area contributed by atoms with Crippen LogP contribution in [0.2, 0.25) is 0 Å². The maximum atomic E-state index is 12.0. The van der Waals surface area contributed by atoms with Gasteiger partial charge in [0.25, 0.3) is 0 Å². The van der Waals surface area contributed by atoms with Crippen molar-refractivity contribution in [3.63, 3.8) is 0 Å². The van der Waals surface area contributed by atoms with E-state index >= 15 is 0 Å². The molecule has 0 amide bonds. The summed E-state index contributed by atoms with van der Waals surface area (Å²) in [6.45, 7) is -0.519. The molecule has 0 aliphatic heterocycles. The lowest BCUT2D eigenvalue weighted by molar-refractivity contribution is -0.159. The number of esters is 3. The van der Waals surface area contributed by atoms with Crippen LogP contribution in [0.1, 0.15) is 19.3 Å². The normalized spacial score (nSPS) is 22.1. The van der Waals surface area contributed by atoms with Crippen molar-refractivity contribution >= 4 is 17.9 Å². The Morgan fingerprint density at radius 1 is 0.667 bits per heavy atom. The van der Waals surface area contributed by atoms with Gasteiger partial charge >= 0.3 is 17.9 Å². The molecule has 1 saturated carbocycles. The average molecular weight is 330 g/mol. The Bertz CT molecular complexity index is 509. The largest absolute Gasteiger partial charge is 0.452 e. The number of rotatable bonds is 6. The summed E-state index contributed by atoms with van der Waals surface area (Å²) < 4.78 is 14.7. The summed E-state index contributed by atoms with van der Waals surface area (Å²) in [5.41, 5.74) is 0. The number of hydrogen-bond donors (Lipinski definition) is 0. The predicted octanol–water partition coefficient (Wildman–Crippen LogP) is 0.548. The van der Waals surface area contributed by atoms with Gasteiger partial charge in [0.2, 0.25) is 0 Å². The van der Waals surface area contributed by atoms with Crippen LogP contribution < -0.4 is 0 Å². The minimum absolute atomic E-state index is 0.173. The fourth-order valence-corrected chi connectivity index (χ4v) is 2.59. The fraction of sp³-hybridized carbons (Fsp3) is 0.500. The lowest BCUT2D eigenvalue weighted by atomic mass is 9.75. The van der Waals surface area contributed by atoms with E-state index < -0.39 is 35.7 Å². The maximum Gasteiger partial charge on any atom is 0.309 e. The van der Waals surface area contributed by atoms with Crippen LogP contribution in [0.5, 0.6) is 0 Å². The third-order valence-electron chi connectivity index (χ3n) is 3.60. The molecule has 1 fully saturated rings. The van der Waals surface area contributed by atoms with Gasteiger partial charge in [0.1, 0.15) is 0 Å². The third-order valence-corrected chi connectivity index (χ3v) is 3.60. The van der Waals surface area contributed by atoms with Crippen molar-refractivity contribution in [2.45, 2.75) is 19.3 Å². The number of carbonyl (C=O) groups excluding carboxylic acids is 3. The summed E-state index contributed by atoms with van der Waals surface area (Å²) in [5, 5.41) is 0. The third kappa shape index (κ3) is 5.71. The molecule has 6 nitrogen and oxygen atoms in total. The minimum atomic E-state index is -0.654. The highest BCUT2D eigenvalue weighted by Gasteiger charge is 2.41. The highest BCUT2D eigenvalue weighted by Crippen LogP contribution is 2.35. The van der Waals surface area contributed by atoms with Crippen LogP contribution >= 0.6 is 0 Å². The van der Waals surface area contributed by atoms with Crippen molar-refractivity contribution in [1.29, 1.82) is 0 Å². The molecule has 0 radical (unpaired) electrons.